The third kappa shape index (κ3) is 2.32. The van der Waals surface area contributed by atoms with Gasteiger partial charge in [0.25, 0.3) is 0 Å². The van der Waals surface area contributed by atoms with E-state index in [1.807, 2.05) is 24.1 Å². The van der Waals surface area contributed by atoms with Gasteiger partial charge in [0.1, 0.15) is 12.1 Å². The number of aryl methyl sites for hydroxylation is 1. The predicted octanol–water partition coefficient (Wildman–Crippen LogP) is 1.61. The smallest absolute Gasteiger partial charge is 0.244 e. The molecule has 1 unspecified atom stereocenters. The average Bonchev–Trinajstić information content (AvgIpc) is 2.97. The van der Waals surface area contributed by atoms with Crippen LogP contribution in [0.25, 0.3) is 11.0 Å². The largest absolute Gasteiger partial charge is 0.341 e. The highest BCUT2D eigenvalue weighted by molar-refractivity contribution is 5.80. The van der Waals surface area contributed by atoms with E-state index in [1.54, 1.807) is 10.9 Å². The fraction of sp³-hybridized carbons (Fsp3) is 0.500. The second-order valence-corrected chi connectivity index (χ2v) is 5.45. The number of rotatable bonds is 2. The first-order valence-electron chi connectivity index (χ1n) is 6.69. The van der Waals surface area contributed by atoms with Gasteiger partial charge in [-0.1, -0.05) is 6.92 Å². The molecule has 0 bridgehead atoms. The van der Waals surface area contributed by atoms with Crippen LogP contribution in [0.5, 0.6) is 0 Å². The van der Waals surface area contributed by atoms with Crippen LogP contribution in [-0.4, -0.2) is 38.7 Å². The van der Waals surface area contributed by atoms with Crippen LogP contribution in [0.4, 0.5) is 0 Å². The van der Waals surface area contributed by atoms with Gasteiger partial charge < -0.3 is 4.90 Å². The van der Waals surface area contributed by atoms with E-state index < -0.39 is 0 Å². The maximum absolute atomic E-state index is 12.2. The molecule has 0 aromatic carbocycles. The van der Waals surface area contributed by atoms with Crippen molar-refractivity contribution in [2.24, 2.45) is 5.92 Å². The van der Waals surface area contributed by atoms with Crippen LogP contribution >= 0.6 is 0 Å². The van der Waals surface area contributed by atoms with Gasteiger partial charge in [-0.15, -0.1) is 0 Å². The minimum Gasteiger partial charge on any atom is -0.341 e. The summed E-state index contributed by atoms with van der Waals surface area (Å²) in [6.45, 7) is 6.23. The Labute approximate surface area is 112 Å². The number of carbonyl (C=O) groups is 1. The molecule has 3 heterocycles. The van der Waals surface area contributed by atoms with Gasteiger partial charge in [-0.05, 0) is 30.9 Å². The number of nitrogens with zero attached hydrogens (tertiary/aromatic N) is 4. The van der Waals surface area contributed by atoms with Crippen LogP contribution in [-0.2, 0) is 11.3 Å². The normalized spacial score (nSPS) is 19.3. The lowest BCUT2D eigenvalue weighted by molar-refractivity contribution is -0.131. The van der Waals surface area contributed by atoms with Crippen LogP contribution in [0.3, 0.4) is 0 Å². The molecule has 0 spiro atoms. The van der Waals surface area contributed by atoms with Gasteiger partial charge in [-0.3, -0.25) is 14.5 Å². The van der Waals surface area contributed by atoms with E-state index >= 15 is 0 Å². The molecule has 1 amide bonds. The fourth-order valence-electron chi connectivity index (χ4n) is 2.57. The number of amides is 1. The van der Waals surface area contributed by atoms with Crippen molar-refractivity contribution in [2.75, 3.05) is 13.1 Å². The van der Waals surface area contributed by atoms with Crippen molar-refractivity contribution in [3.63, 3.8) is 0 Å². The number of aromatic nitrogens is 3. The Hall–Kier alpha value is -1.91. The summed E-state index contributed by atoms with van der Waals surface area (Å²) >= 11 is 0. The lowest BCUT2D eigenvalue weighted by Crippen LogP contribution is -2.32. The predicted molar refractivity (Wildman–Crippen MR) is 72.6 cm³/mol. The van der Waals surface area contributed by atoms with Crippen molar-refractivity contribution in [1.29, 1.82) is 0 Å². The summed E-state index contributed by atoms with van der Waals surface area (Å²) in [6, 6.07) is 2.02. The summed E-state index contributed by atoms with van der Waals surface area (Å²) in [4.78, 5) is 18.5. The lowest BCUT2D eigenvalue weighted by atomic mass is 10.2. The highest BCUT2D eigenvalue weighted by Crippen LogP contribution is 2.17. The van der Waals surface area contributed by atoms with Gasteiger partial charge in [-0.2, -0.15) is 5.10 Å². The molecular weight excluding hydrogens is 240 g/mol. The first-order chi connectivity index (χ1) is 9.13. The number of fused-ring (bicyclic) bond motifs is 1. The maximum Gasteiger partial charge on any atom is 0.244 e. The molecule has 0 aliphatic carbocycles. The number of hydrogen-bond acceptors (Lipinski definition) is 3. The summed E-state index contributed by atoms with van der Waals surface area (Å²) < 4.78 is 1.75. The van der Waals surface area contributed by atoms with Gasteiger partial charge in [0, 0.05) is 19.3 Å². The zero-order chi connectivity index (χ0) is 13.4. The van der Waals surface area contributed by atoms with Crippen LogP contribution in [0, 0.1) is 12.8 Å². The first kappa shape index (κ1) is 12.1. The van der Waals surface area contributed by atoms with E-state index in [0.29, 0.717) is 12.5 Å². The molecule has 1 fully saturated rings. The molecule has 0 radical (unpaired) electrons. The maximum atomic E-state index is 12.2. The van der Waals surface area contributed by atoms with E-state index in [1.165, 1.54) is 0 Å². The lowest BCUT2D eigenvalue weighted by Gasteiger charge is -2.16. The minimum absolute atomic E-state index is 0.149. The average molecular weight is 258 g/mol. The molecule has 19 heavy (non-hydrogen) atoms. The quantitative estimate of drug-likeness (QED) is 0.822. The zero-order valence-corrected chi connectivity index (χ0v) is 11.3. The molecule has 0 saturated carbocycles. The minimum atomic E-state index is 0.149. The Kier molecular flexibility index (Phi) is 2.97. The first-order valence-corrected chi connectivity index (χ1v) is 6.69. The fourth-order valence-corrected chi connectivity index (χ4v) is 2.57. The van der Waals surface area contributed by atoms with E-state index in [-0.39, 0.29) is 5.91 Å². The second kappa shape index (κ2) is 4.64. The third-order valence-electron chi connectivity index (χ3n) is 3.69. The Morgan fingerprint density at radius 3 is 3.05 bits per heavy atom. The summed E-state index contributed by atoms with van der Waals surface area (Å²) in [6.07, 6.45) is 4.64. The summed E-state index contributed by atoms with van der Waals surface area (Å²) in [5, 5.41) is 4.27. The summed E-state index contributed by atoms with van der Waals surface area (Å²) in [5.41, 5.74) is 2.85. The van der Waals surface area contributed by atoms with Crippen molar-refractivity contribution in [2.45, 2.75) is 26.8 Å². The number of pyridine rings is 1. The van der Waals surface area contributed by atoms with Crippen molar-refractivity contribution < 1.29 is 4.79 Å². The topological polar surface area (TPSA) is 51.0 Å². The molecule has 1 atom stereocenters. The van der Waals surface area contributed by atoms with Gasteiger partial charge in [0.2, 0.25) is 5.91 Å². The zero-order valence-electron chi connectivity index (χ0n) is 11.3. The van der Waals surface area contributed by atoms with Crippen LogP contribution in [0.2, 0.25) is 0 Å². The second-order valence-electron chi connectivity index (χ2n) is 5.45. The highest BCUT2D eigenvalue weighted by atomic mass is 16.2. The monoisotopic (exact) mass is 258 g/mol. The van der Waals surface area contributed by atoms with E-state index in [4.69, 9.17) is 0 Å². The standard InChI is InChI=1S/C14H18N4O/c1-10-3-4-17(8-10)14(19)9-18-13-5-11(2)6-15-12(13)7-16-18/h5-7,10H,3-4,8-9H2,1-2H3. The third-order valence-corrected chi connectivity index (χ3v) is 3.69. The Morgan fingerprint density at radius 2 is 2.32 bits per heavy atom. The molecular formula is C14H18N4O. The van der Waals surface area contributed by atoms with E-state index in [2.05, 4.69) is 17.0 Å². The SMILES string of the molecule is Cc1cnc2cnn(CC(=O)N3CCC(C)C3)c2c1. The van der Waals surface area contributed by atoms with Gasteiger partial charge in [0.15, 0.2) is 0 Å². The molecule has 1 aliphatic rings. The molecule has 100 valence electrons. The Balaban J connectivity index is 1.81. The van der Waals surface area contributed by atoms with E-state index in [9.17, 15) is 4.79 Å². The van der Waals surface area contributed by atoms with Crippen LogP contribution in [0.1, 0.15) is 18.9 Å². The molecule has 1 aliphatic heterocycles. The van der Waals surface area contributed by atoms with Gasteiger partial charge >= 0.3 is 0 Å². The van der Waals surface area contributed by atoms with Crippen molar-refractivity contribution in [3.05, 3.63) is 24.0 Å². The molecule has 1 saturated heterocycles. The molecule has 5 heteroatoms. The van der Waals surface area contributed by atoms with Crippen molar-refractivity contribution in [3.8, 4) is 0 Å². The van der Waals surface area contributed by atoms with Crippen molar-refractivity contribution in [1.82, 2.24) is 19.7 Å². The van der Waals surface area contributed by atoms with E-state index in [0.717, 1.165) is 36.1 Å². The molecule has 0 N–H and O–H groups in total. The number of likely N-dealkylation sites (tertiary alicyclic amines) is 1. The van der Waals surface area contributed by atoms with Crippen LogP contribution < -0.4 is 0 Å². The molecule has 3 rings (SSSR count). The van der Waals surface area contributed by atoms with Crippen LogP contribution in [0.15, 0.2) is 18.5 Å². The highest BCUT2D eigenvalue weighted by Gasteiger charge is 2.23. The Morgan fingerprint density at radius 1 is 1.47 bits per heavy atom. The van der Waals surface area contributed by atoms with Gasteiger partial charge in [-0.25, -0.2) is 0 Å². The summed E-state index contributed by atoms with van der Waals surface area (Å²) in [7, 11) is 0. The van der Waals surface area contributed by atoms with Crippen molar-refractivity contribution >= 4 is 16.9 Å². The van der Waals surface area contributed by atoms with Gasteiger partial charge in [0.05, 0.1) is 11.7 Å². The summed E-state index contributed by atoms with van der Waals surface area (Å²) in [5.74, 6) is 0.762. The Bertz CT molecular complexity index is 619. The molecule has 2 aromatic heterocycles. The number of carbonyl (C=O) groups excluding carboxylic acids is 1. The number of hydrogen-bond donors (Lipinski definition) is 0. The molecule has 5 nitrogen and oxygen atoms in total. The molecule has 2 aromatic rings.